The fourth-order valence-corrected chi connectivity index (χ4v) is 4.05. The molecule has 4 rings (SSSR count). The second-order valence-corrected chi connectivity index (χ2v) is 7.20. The molecule has 1 N–H and O–H groups in total. The second-order valence-electron chi connectivity index (χ2n) is 6.12. The third-order valence-corrected chi connectivity index (χ3v) is 5.48. The van der Waals surface area contributed by atoms with Gasteiger partial charge >= 0.3 is 5.97 Å². The Hall–Kier alpha value is -2.86. The van der Waals surface area contributed by atoms with E-state index in [4.69, 9.17) is 9.47 Å². The maximum atomic E-state index is 12.4. The summed E-state index contributed by atoms with van der Waals surface area (Å²) in [6.45, 7) is 0.412. The fourth-order valence-electron chi connectivity index (χ4n) is 3.07. The van der Waals surface area contributed by atoms with Crippen LogP contribution >= 0.6 is 11.3 Å². The van der Waals surface area contributed by atoms with Gasteiger partial charge < -0.3 is 14.8 Å². The number of esters is 1. The molecular formula is C20H17NO4S. The number of amides is 1. The van der Waals surface area contributed by atoms with E-state index in [9.17, 15) is 9.59 Å². The summed E-state index contributed by atoms with van der Waals surface area (Å²) in [5.74, 6) is 0.286. The quantitative estimate of drug-likeness (QED) is 0.718. The van der Waals surface area contributed by atoms with E-state index in [1.807, 2.05) is 30.3 Å². The minimum absolute atomic E-state index is 0.0963. The molecule has 26 heavy (non-hydrogen) atoms. The molecule has 2 heterocycles. The summed E-state index contributed by atoms with van der Waals surface area (Å²) in [4.78, 5) is 24.7. The molecule has 2 aromatic carbocycles. The average molecular weight is 367 g/mol. The van der Waals surface area contributed by atoms with Crippen LogP contribution in [0, 0.1) is 0 Å². The molecular weight excluding hydrogens is 350 g/mol. The number of rotatable bonds is 4. The number of nitrogens with one attached hydrogen (secondary N) is 1. The van der Waals surface area contributed by atoms with Gasteiger partial charge in [0.2, 0.25) is 0 Å². The van der Waals surface area contributed by atoms with Crippen molar-refractivity contribution >= 4 is 33.3 Å². The zero-order valence-electron chi connectivity index (χ0n) is 14.2. The minimum atomic E-state index is -0.366. The van der Waals surface area contributed by atoms with E-state index in [0.29, 0.717) is 23.4 Å². The standard InChI is InChI=1S/C20H17NO4S/c1-24-20(23)13-6-7-16-14(8-13)9-15(25-16)11-21-19(22)18-10-12-4-2-3-5-17(12)26-18/h2-8,10,15H,9,11H2,1H3,(H,21,22). The van der Waals surface area contributed by atoms with E-state index >= 15 is 0 Å². The van der Waals surface area contributed by atoms with Gasteiger partial charge in [-0.05, 0) is 41.3 Å². The molecule has 0 saturated heterocycles. The highest BCUT2D eigenvalue weighted by atomic mass is 32.1. The first-order chi connectivity index (χ1) is 12.6. The third-order valence-electron chi connectivity index (χ3n) is 4.36. The van der Waals surface area contributed by atoms with E-state index in [0.717, 1.165) is 21.4 Å². The van der Waals surface area contributed by atoms with Crippen molar-refractivity contribution in [2.75, 3.05) is 13.7 Å². The second kappa shape index (κ2) is 6.80. The molecule has 0 spiro atoms. The van der Waals surface area contributed by atoms with Gasteiger partial charge in [0.1, 0.15) is 11.9 Å². The maximum Gasteiger partial charge on any atom is 0.337 e. The Morgan fingerprint density at radius 3 is 2.88 bits per heavy atom. The number of fused-ring (bicyclic) bond motifs is 2. The zero-order valence-corrected chi connectivity index (χ0v) is 15.0. The van der Waals surface area contributed by atoms with Crippen molar-refractivity contribution in [1.29, 1.82) is 0 Å². The van der Waals surface area contributed by atoms with Crippen LogP contribution in [0.3, 0.4) is 0 Å². The van der Waals surface area contributed by atoms with E-state index in [2.05, 4.69) is 5.32 Å². The van der Waals surface area contributed by atoms with Gasteiger partial charge in [0.15, 0.2) is 0 Å². The molecule has 3 aromatic rings. The number of carbonyl (C=O) groups is 2. The smallest absolute Gasteiger partial charge is 0.337 e. The molecule has 1 amide bonds. The average Bonchev–Trinajstić information content (AvgIpc) is 3.28. The van der Waals surface area contributed by atoms with Gasteiger partial charge in [-0.2, -0.15) is 0 Å². The van der Waals surface area contributed by atoms with E-state index in [1.54, 1.807) is 18.2 Å². The van der Waals surface area contributed by atoms with Gasteiger partial charge in [-0.25, -0.2) is 4.79 Å². The van der Waals surface area contributed by atoms with Crippen LogP contribution in [0.4, 0.5) is 0 Å². The lowest BCUT2D eigenvalue weighted by atomic mass is 10.1. The van der Waals surface area contributed by atoms with Crippen molar-refractivity contribution in [3.8, 4) is 5.75 Å². The Labute approximate surface area is 154 Å². The fraction of sp³-hybridized carbons (Fsp3) is 0.200. The van der Waals surface area contributed by atoms with Crippen LogP contribution in [0.1, 0.15) is 25.6 Å². The Bertz CT molecular complexity index is 961. The number of hydrogen-bond acceptors (Lipinski definition) is 5. The topological polar surface area (TPSA) is 64.6 Å². The monoisotopic (exact) mass is 367 g/mol. The predicted octanol–water partition coefficient (Wildman–Crippen LogP) is 3.42. The van der Waals surface area contributed by atoms with Crippen LogP contribution in [-0.2, 0) is 11.2 Å². The molecule has 6 heteroatoms. The summed E-state index contributed by atoms with van der Waals surface area (Å²) in [5.41, 5.74) is 1.46. The lowest BCUT2D eigenvalue weighted by Gasteiger charge is -2.11. The van der Waals surface area contributed by atoms with Crippen molar-refractivity contribution in [2.24, 2.45) is 0 Å². The highest BCUT2D eigenvalue weighted by molar-refractivity contribution is 7.20. The van der Waals surface area contributed by atoms with E-state index in [-0.39, 0.29) is 18.0 Å². The maximum absolute atomic E-state index is 12.4. The van der Waals surface area contributed by atoms with Crippen LogP contribution in [-0.4, -0.2) is 31.6 Å². The van der Waals surface area contributed by atoms with E-state index in [1.165, 1.54) is 18.4 Å². The molecule has 0 radical (unpaired) electrons. The largest absolute Gasteiger partial charge is 0.488 e. The highest BCUT2D eigenvalue weighted by Gasteiger charge is 2.25. The molecule has 0 aliphatic carbocycles. The molecule has 1 aliphatic heterocycles. The van der Waals surface area contributed by atoms with Crippen molar-refractivity contribution in [2.45, 2.75) is 12.5 Å². The summed E-state index contributed by atoms with van der Waals surface area (Å²) >= 11 is 1.48. The van der Waals surface area contributed by atoms with E-state index < -0.39 is 0 Å². The normalized spacial score (nSPS) is 15.3. The third kappa shape index (κ3) is 3.15. The van der Waals surface area contributed by atoms with Crippen LogP contribution in [0.5, 0.6) is 5.75 Å². The molecule has 0 saturated carbocycles. The molecule has 5 nitrogen and oxygen atoms in total. The summed E-state index contributed by atoms with van der Waals surface area (Å²) in [6, 6.07) is 15.1. The molecule has 1 aliphatic rings. The van der Waals surface area contributed by atoms with Gasteiger partial charge in [-0.15, -0.1) is 11.3 Å². The molecule has 0 fully saturated rings. The Morgan fingerprint density at radius 2 is 2.08 bits per heavy atom. The number of hydrogen-bond donors (Lipinski definition) is 1. The van der Waals surface area contributed by atoms with Crippen molar-refractivity contribution in [3.05, 3.63) is 64.5 Å². The number of thiophene rings is 1. The Balaban J connectivity index is 1.39. The number of methoxy groups -OCH3 is 1. The number of benzene rings is 2. The van der Waals surface area contributed by atoms with Gasteiger partial charge in [-0.1, -0.05) is 18.2 Å². The van der Waals surface area contributed by atoms with Crippen molar-refractivity contribution in [1.82, 2.24) is 5.32 Å². The minimum Gasteiger partial charge on any atom is -0.488 e. The van der Waals surface area contributed by atoms with Crippen LogP contribution in [0.2, 0.25) is 0 Å². The van der Waals surface area contributed by atoms with Gasteiger partial charge in [0, 0.05) is 11.1 Å². The molecule has 1 unspecified atom stereocenters. The van der Waals surface area contributed by atoms with Crippen LogP contribution in [0.25, 0.3) is 10.1 Å². The Kier molecular flexibility index (Phi) is 4.34. The SMILES string of the molecule is COC(=O)c1ccc2c(c1)CC(CNC(=O)c1cc3ccccc3s1)O2. The van der Waals surface area contributed by atoms with Crippen molar-refractivity contribution < 1.29 is 19.1 Å². The lowest BCUT2D eigenvalue weighted by Crippen LogP contribution is -2.34. The van der Waals surface area contributed by atoms with Gasteiger partial charge in [0.25, 0.3) is 5.91 Å². The Morgan fingerprint density at radius 1 is 1.23 bits per heavy atom. The first kappa shape index (κ1) is 16.6. The van der Waals surface area contributed by atoms with Crippen LogP contribution < -0.4 is 10.1 Å². The molecule has 132 valence electrons. The highest BCUT2D eigenvalue weighted by Crippen LogP contribution is 2.30. The summed E-state index contributed by atoms with van der Waals surface area (Å²) in [6.07, 6.45) is 0.503. The molecule has 1 atom stereocenters. The summed E-state index contributed by atoms with van der Waals surface area (Å²) < 4.78 is 11.7. The van der Waals surface area contributed by atoms with Crippen molar-refractivity contribution in [3.63, 3.8) is 0 Å². The number of ether oxygens (including phenoxy) is 2. The first-order valence-electron chi connectivity index (χ1n) is 8.29. The van der Waals surface area contributed by atoms with Gasteiger partial charge in [-0.3, -0.25) is 4.79 Å². The summed E-state index contributed by atoms with van der Waals surface area (Å²) in [5, 5.41) is 4.01. The molecule has 1 aromatic heterocycles. The lowest BCUT2D eigenvalue weighted by molar-refractivity contribution is 0.0600. The predicted molar refractivity (Wildman–Crippen MR) is 100 cm³/mol. The number of carbonyl (C=O) groups excluding carboxylic acids is 2. The van der Waals surface area contributed by atoms with Gasteiger partial charge in [0.05, 0.1) is 24.1 Å². The summed E-state index contributed by atoms with van der Waals surface area (Å²) in [7, 11) is 1.36. The molecule has 0 bridgehead atoms. The zero-order chi connectivity index (χ0) is 18.1. The first-order valence-corrected chi connectivity index (χ1v) is 9.10. The van der Waals surface area contributed by atoms with Crippen LogP contribution in [0.15, 0.2) is 48.5 Å².